The van der Waals surface area contributed by atoms with Crippen LogP contribution in [0.4, 0.5) is 16.5 Å². The Labute approximate surface area is 291 Å². The van der Waals surface area contributed by atoms with E-state index in [0.29, 0.717) is 22.1 Å². The van der Waals surface area contributed by atoms with Crippen molar-refractivity contribution in [1.29, 1.82) is 0 Å². The van der Waals surface area contributed by atoms with Gasteiger partial charge < -0.3 is 20.4 Å². The number of anilines is 3. The Bertz CT molecular complexity index is 1660. The SMILES string of the molecule is CN=C(NC(=O)Cc1cc(N2CCC2)ccn1)SC(=C(C)C)C1CCCC(Cc2nnc(NC(=O)Cc3cc(N4CCC4)ccn3)s2)C1. The zero-order valence-corrected chi connectivity index (χ0v) is 29.7. The molecule has 5 heterocycles. The zero-order chi connectivity index (χ0) is 33.5. The van der Waals surface area contributed by atoms with Crippen LogP contribution < -0.4 is 20.4 Å². The van der Waals surface area contributed by atoms with Gasteiger partial charge >= 0.3 is 0 Å². The van der Waals surface area contributed by atoms with Gasteiger partial charge in [0.15, 0.2) is 5.17 Å². The fraction of sp³-hybridized carbons (Fsp3) is 0.514. The Morgan fingerprint density at radius 2 is 1.56 bits per heavy atom. The number of carbonyl (C=O) groups is 2. The first-order valence-electron chi connectivity index (χ1n) is 17.0. The van der Waals surface area contributed by atoms with E-state index in [1.54, 1.807) is 31.2 Å². The predicted octanol–water partition coefficient (Wildman–Crippen LogP) is 5.65. The highest BCUT2D eigenvalue weighted by Crippen LogP contribution is 2.41. The lowest BCUT2D eigenvalue weighted by Crippen LogP contribution is -2.37. The van der Waals surface area contributed by atoms with E-state index in [0.717, 1.165) is 86.1 Å². The molecule has 2 atom stereocenters. The standard InChI is InChI=1S/C35H45N9O2S2/c1-23(2)33(48-34(36-3)39-30(45)21-26-19-28(9-11-37-26)43-13-5-14-43)25-8-4-7-24(17-25)18-32-41-42-35(47-32)40-31(46)22-27-20-29(10-12-38-27)44-15-6-16-44/h9-12,19-20,24-25H,4-8,13-18,21-22H2,1-3H3,(H,36,39,45)(H,40,42,46). The predicted molar refractivity (Wildman–Crippen MR) is 195 cm³/mol. The highest BCUT2D eigenvalue weighted by Gasteiger charge is 2.28. The molecule has 1 saturated carbocycles. The smallest absolute Gasteiger partial charge is 0.232 e. The van der Waals surface area contributed by atoms with Crippen molar-refractivity contribution in [2.24, 2.45) is 16.8 Å². The van der Waals surface area contributed by atoms with E-state index >= 15 is 0 Å². The number of pyridine rings is 2. The Balaban J connectivity index is 0.994. The van der Waals surface area contributed by atoms with Crippen molar-refractivity contribution in [3.63, 3.8) is 0 Å². The van der Waals surface area contributed by atoms with Gasteiger partial charge in [-0.1, -0.05) is 35.1 Å². The van der Waals surface area contributed by atoms with E-state index in [2.05, 4.69) is 59.4 Å². The van der Waals surface area contributed by atoms with E-state index < -0.39 is 0 Å². The van der Waals surface area contributed by atoms with Crippen molar-refractivity contribution in [1.82, 2.24) is 25.5 Å². The summed E-state index contributed by atoms with van der Waals surface area (Å²) in [6, 6.07) is 8.01. The third-order valence-corrected chi connectivity index (χ3v) is 11.5. The molecule has 2 aliphatic heterocycles. The van der Waals surface area contributed by atoms with Crippen molar-refractivity contribution in [3.05, 3.63) is 63.5 Å². The van der Waals surface area contributed by atoms with Crippen LogP contribution in [0.5, 0.6) is 0 Å². The molecule has 11 nitrogen and oxygen atoms in total. The minimum absolute atomic E-state index is 0.110. The van der Waals surface area contributed by atoms with Crippen LogP contribution in [0, 0.1) is 11.8 Å². The number of amidine groups is 1. The van der Waals surface area contributed by atoms with Crippen molar-refractivity contribution < 1.29 is 9.59 Å². The van der Waals surface area contributed by atoms with Crippen molar-refractivity contribution in [2.75, 3.05) is 48.3 Å². The van der Waals surface area contributed by atoms with E-state index in [4.69, 9.17) is 0 Å². The van der Waals surface area contributed by atoms with Gasteiger partial charge in [0.1, 0.15) is 5.01 Å². The quantitative estimate of drug-likeness (QED) is 0.194. The molecule has 3 aromatic heterocycles. The summed E-state index contributed by atoms with van der Waals surface area (Å²) in [5.74, 6) is 0.603. The summed E-state index contributed by atoms with van der Waals surface area (Å²) < 4.78 is 0. The zero-order valence-electron chi connectivity index (χ0n) is 28.1. The first kappa shape index (κ1) is 34.0. The second kappa shape index (κ2) is 16.0. The van der Waals surface area contributed by atoms with Crippen molar-refractivity contribution in [2.45, 2.75) is 71.6 Å². The van der Waals surface area contributed by atoms with Gasteiger partial charge in [0.05, 0.1) is 24.2 Å². The van der Waals surface area contributed by atoms with Crippen molar-refractivity contribution >= 4 is 56.6 Å². The van der Waals surface area contributed by atoms with Gasteiger partial charge in [0.2, 0.25) is 16.9 Å². The minimum Gasteiger partial charge on any atom is -0.371 e. The summed E-state index contributed by atoms with van der Waals surface area (Å²) in [5, 5.41) is 16.8. The number of amides is 2. The highest BCUT2D eigenvalue weighted by molar-refractivity contribution is 8.17. The normalized spacial score (nSPS) is 19.3. The van der Waals surface area contributed by atoms with Crippen LogP contribution in [0.3, 0.4) is 0 Å². The maximum absolute atomic E-state index is 13.0. The average molecular weight is 688 g/mol. The average Bonchev–Trinajstić information content (AvgIpc) is 3.43. The monoisotopic (exact) mass is 687 g/mol. The maximum Gasteiger partial charge on any atom is 0.232 e. The van der Waals surface area contributed by atoms with Gasteiger partial charge in [0.25, 0.3) is 0 Å². The molecular weight excluding hydrogens is 643 g/mol. The van der Waals surface area contributed by atoms with Crippen molar-refractivity contribution in [3.8, 4) is 0 Å². The molecule has 2 saturated heterocycles. The molecule has 254 valence electrons. The molecule has 13 heteroatoms. The molecule has 2 N–H and O–H groups in total. The number of hydrogen-bond donors (Lipinski definition) is 2. The first-order valence-corrected chi connectivity index (χ1v) is 18.6. The maximum atomic E-state index is 13.0. The van der Waals surface area contributed by atoms with Crippen LogP contribution in [-0.2, 0) is 28.9 Å². The summed E-state index contributed by atoms with van der Waals surface area (Å²) in [7, 11) is 1.73. The largest absolute Gasteiger partial charge is 0.371 e. The number of thioether (sulfide) groups is 1. The molecule has 0 bridgehead atoms. The second-order valence-electron chi connectivity index (χ2n) is 13.1. The Morgan fingerprint density at radius 1 is 0.917 bits per heavy atom. The molecule has 3 fully saturated rings. The number of aliphatic imine (C=N–C) groups is 1. The molecule has 48 heavy (non-hydrogen) atoms. The van der Waals surface area contributed by atoms with Crippen LogP contribution >= 0.6 is 23.1 Å². The lowest BCUT2D eigenvalue weighted by atomic mass is 9.79. The number of allylic oxidation sites excluding steroid dienone is 2. The molecule has 3 aliphatic rings. The topological polar surface area (TPSA) is 129 Å². The summed E-state index contributed by atoms with van der Waals surface area (Å²) in [6.45, 7) is 8.50. The molecule has 6 rings (SSSR count). The molecule has 1 aliphatic carbocycles. The van der Waals surface area contributed by atoms with Gasteiger partial charge in [-0.15, -0.1) is 10.2 Å². The number of nitrogens with zero attached hydrogens (tertiary/aromatic N) is 7. The highest BCUT2D eigenvalue weighted by atomic mass is 32.2. The summed E-state index contributed by atoms with van der Waals surface area (Å²) in [5.41, 5.74) is 5.01. The van der Waals surface area contributed by atoms with Crippen LogP contribution in [0.2, 0.25) is 0 Å². The molecule has 0 radical (unpaired) electrons. The Morgan fingerprint density at radius 3 is 2.15 bits per heavy atom. The third-order valence-electron chi connectivity index (χ3n) is 9.21. The van der Waals surface area contributed by atoms with Crippen LogP contribution in [0.1, 0.15) is 68.8 Å². The van der Waals surface area contributed by atoms with Gasteiger partial charge in [-0.25, -0.2) is 0 Å². The summed E-state index contributed by atoms with van der Waals surface area (Å²) in [6.07, 6.45) is 11.6. The lowest BCUT2D eigenvalue weighted by molar-refractivity contribution is -0.119. The van der Waals surface area contributed by atoms with Crippen LogP contribution in [-0.4, -0.2) is 70.4 Å². The number of rotatable bonds is 11. The second-order valence-corrected chi connectivity index (χ2v) is 15.2. The molecule has 0 spiro atoms. The molecule has 3 aromatic rings. The van der Waals surface area contributed by atoms with Gasteiger partial charge in [0, 0.05) is 63.4 Å². The van der Waals surface area contributed by atoms with Gasteiger partial charge in [-0.2, -0.15) is 0 Å². The number of carbonyl (C=O) groups excluding carboxylic acids is 2. The van der Waals surface area contributed by atoms with Gasteiger partial charge in [-0.05, 0) is 87.0 Å². The summed E-state index contributed by atoms with van der Waals surface area (Å²) >= 11 is 3.04. The molecule has 0 aromatic carbocycles. The van der Waals surface area contributed by atoms with E-state index in [9.17, 15) is 9.59 Å². The van der Waals surface area contributed by atoms with Crippen LogP contribution in [0.25, 0.3) is 0 Å². The molecule has 2 unspecified atom stereocenters. The summed E-state index contributed by atoms with van der Waals surface area (Å²) in [4.78, 5) is 44.9. The fourth-order valence-corrected chi connectivity index (χ4v) is 8.42. The van der Waals surface area contributed by atoms with Crippen LogP contribution in [0.15, 0.2) is 52.1 Å². The Kier molecular flexibility index (Phi) is 11.4. The van der Waals surface area contributed by atoms with E-state index in [-0.39, 0.29) is 24.7 Å². The molecular formula is C35H45N9O2S2. The first-order chi connectivity index (χ1) is 23.3. The van der Waals surface area contributed by atoms with Gasteiger partial charge in [-0.3, -0.25) is 24.5 Å². The number of hydrogen-bond acceptors (Lipinski definition) is 11. The molecule has 2 amide bonds. The Hall–Kier alpha value is -3.84. The third kappa shape index (κ3) is 8.98. The van der Waals surface area contributed by atoms with E-state index in [1.165, 1.54) is 34.7 Å². The number of nitrogens with one attached hydrogen (secondary N) is 2. The minimum atomic E-state index is -0.133. The lowest BCUT2D eigenvalue weighted by Gasteiger charge is -2.33. The van der Waals surface area contributed by atoms with E-state index in [1.807, 2.05) is 24.3 Å². The fourth-order valence-electron chi connectivity index (χ4n) is 6.50. The number of aromatic nitrogens is 4.